The number of carbonyl (C=O) groups excluding carboxylic acids is 2. The maximum atomic E-state index is 13.9. The van der Waals surface area contributed by atoms with Crippen LogP contribution in [0.15, 0.2) is 28.7 Å². The molecule has 0 aromatic heterocycles. The average Bonchev–Trinajstić information content (AvgIpc) is 2.58. The number of nitrogens with zero attached hydrogens (tertiary/aromatic N) is 1. The first-order valence-corrected chi connectivity index (χ1v) is 10.4. The molecule has 2 rings (SSSR count). The highest BCUT2D eigenvalue weighted by Crippen LogP contribution is 2.48. The Morgan fingerprint density at radius 1 is 1.22 bits per heavy atom. The summed E-state index contributed by atoms with van der Waals surface area (Å²) in [5.41, 5.74) is 4.87. The molecule has 2 N–H and O–H groups in total. The molecule has 1 atom stereocenters. The van der Waals surface area contributed by atoms with Crippen molar-refractivity contribution in [3.05, 3.63) is 34.3 Å². The Hall–Kier alpha value is -1.56. The number of hydrogen-bond acceptors (Lipinski definition) is 3. The average molecular weight is 439 g/mol. The molecule has 5 nitrogen and oxygen atoms in total. The van der Waals surface area contributed by atoms with E-state index in [1.165, 1.54) is 0 Å². The molecular formula is C21H31BrN2O3. The topological polar surface area (TPSA) is 72.6 Å². The molecule has 1 aromatic rings. The zero-order chi connectivity index (χ0) is 20.2. The zero-order valence-corrected chi connectivity index (χ0v) is 18.3. The Kier molecular flexibility index (Phi) is 6.95. The lowest BCUT2D eigenvalue weighted by Gasteiger charge is -2.48. The lowest BCUT2D eigenvalue weighted by Crippen LogP contribution is -2.56. The van der Waals surface area contributed by atoms with E-state index in [1.807, 2.05) is 29.2 Å². The van der Waals surface area contributed by atoms with Crippen molar-refractivity contribution in [2.45, 2.75) is 52.4 Å². The predicted molar refractivity (Wildman–Crippen MR) is 110 cm³/mol. The molecule has 1 heterocycles. The lowest BCUT2D eigenvalue weighted by molar-refractivity contribution is -0.144. The molecule has 0 saturated carbocycles. The van der Waals surface area contributed by atoms with Gasteiger partial charge in [0, 0.05) is 24.0 Å². The quantitative estimate of drug-likeness (QED) is 0.736. The third kappa shape index (κ3) is 4.65. The number of amides is 2. The number of halogens is 1. The number of primary amides is 1. The van der Waals surface area contributed by atoms with E-state index in [0.29, 0.717) is 12.3 Å². The van der Waals surface area contributed by atoms with Crippen molar-refractivity contribution in [2.75, 3.05) is 19.7 Å². The van der Waals surface area contributed by atoms with Gasteiger partial charge in [-0.1, -0.05) is 61.8 Å². The fraction of sp³-hybridized carbons (Fsp3) is 0.619. The molecule has 6 heteroatoms. The highest BCUT2D eigenvalue weighted by Gasteiger charge is 2.52. The van der Waals surface area contributed by atoms with Crippen LogP contribution in [-0.4, -0.2) is 36.6 Å². The van der Waals surface area contributed by atoms with Gasteiger partial charge in [-0.2, -0.15) is 0 Å². The van der Waals surface area contributed by atoms with Crippen LogP contribution in [0.3, 0.4) is 0 Å². The van der Waals surface area contributed by atoms with Crippen molar-refractivity contribution >= 4 is 27.9 Å². The first-order chi connectivity index (χ1) is 12.6. The van der Waals surface area contributed by atoms with Gasteiger partial charge in [0.05, 0.1) is 12.0 Å². The summed E-state index contributed by atoms with van der Waals surface area (Å²) in [5, 5.41) is 0. The van der Waals surface area contributed by atoms with Crippen LogP contribution < -0.4 is 5.73 Å². The predicted octanol–water partition coefficient (Wildman–Crippen LogP) is 4.48. The van der Waals surface area contributed by atoms with E-state index in [4.69, 9.17) is 10.5 Å². The molecule has 2 amide bonds. The molecule has 0 radical (unpaired) electrons. The minimum atomic E-state index is -0.830. The van der Waals surface area contributed by atoms with Crippen molar-refractivity contribution < 1.29 is 14.3 Å². The molecule has 0 aliphatic carbocycles. The highest BCUT2D eigenvalue weighted by molar-refractivity contribution is 9.10. The van der Waals surface area contributed by atoms with Gasteiger partial charge < -0.3 is 15.4 Å². The Morgan fingerprint density at radius 3 is 2.33 bits per heavy atom. The number of carbonyl (C=O) groups is 2. The summed E-state index contributed by atoms with van der Waals surface area (Å²) in [6.07, 6.45) is 1.59. The van der Waals surface area contributed by atoms with E-state index >= 15 is 0 Å². The van der Waals surface area contributed by atoms with Crippen LogP contribution in [0.25, 0.3) is 0 Å². The number of rotatable bonds is 5. The SMILES string of the molecule is CC1CCN(C(=O)C(CCOC(N)=O)(c2ccccc2Br)C(C)(C)C)CC1. The van der Waals surface area contributed by atoms with Crippen LogP contribution in [0, 0.1) is 11.3 Å². The minimum absolute atomic E-state index is 0.0990. The van der Waals surface area contributed by atoms with E-state index in [9.17, 15) is 9.59 Å². The van der Waals surface area contributed by atoms with Crippen molar-refractivity contribution in [1.82, 2.24) is 4.90 Å². The van der Waals surface area contributed by atoms with Gasteiger partial charge in [-0.25, -0.2) is 4.79 Å². The second-order valence-electron chi connectivity index (χ2n) is 8.53. The Labute approximate surface area is 170 Å². The number of hydrogen-bond donors (Lipinski definition) is 1. The first kappa shape index (κ1) is 21.7. The molecule has 1 saturated heterocycles. The number of nitrogens with two attached hydrogens (primary N) is 1. The fourth-order valence-electron chi connectivity index (χ4n) is 4.05. The lowest BCUT2D eigenvalue weighted by atomic mass is 9.60. The molecule has 27 heavy (non-hydrogen) atoms. The van der Waals surface area contributed by atoms with Crippen LogP contribution in [-0.2, 0) is 14.9 Å². The van der Waals surface area contributed by atoms with E-state index in [0.717, 1.165) is 36.0 Å². The van der Waals surface area contributed by atoms with E-state index in [1.54, 1.807) is 0 Å². The van der Waals surface area contributed by atoms with Crippen LogP contribution in [0.1, 0.15) is 52.5 Å². The number of piperidine rings is 1. The van der Waals surface area contributed by atoms with Gasteiger partial charge in [-0.05, 0) is 35.8 Å². The van der Waals surface area contributed by atoms with Gasteiger partial charge >= 0.3 is 6.09 Å². The second kappa shape index (κ2) is 8.63. The monoisotopic (exact) mass is 438 g/mol. The van der Waals surface area contributed by atoms with E-state index in [-0.39, 0.29) is 12.5 Å². The van der Waals surface area contributed by atoms with Crippen LogP contribution in [0.5, 0.6) is 0 Å². The van der Waals surface area contributed by atoms with Gasteiger partial charge in [0.15, 0.2) is 0 Å². The van der Waals surface area contributed by atoms with Crippen LogP contribution in [0.4, 0.5) is 4.79 Å². The standard InChI is InChI=1S/C21H31BrN2O3/c1-15-9-12-24(13-10-15)18(25)21(20(2,3)4,11-14-27-19(23)26)16-7-5-6-8-17(16)22/h5-8,15H,9-14H2,1-4H3,(H2,23,26). The van der Waals surface area contributed by atoms with Crippen LogP contribution >= 0.6 is 15.9 Å². The highest BCUT2D eigenvalue weighted by atomic mass is 79.9. The van der Waals surface area contributed by atoms with Gasteiger partial charge in [0.25, 0.3) is 0 Å². The summed E-state index contributed by atoms with van der Waals surface area (Å²) >= 11 is 3.64. The van der Waals surface area contributed by atoms with Crippen molar-refractivity contribution in [1.29, 1.82) is 0 Å². The first-order valence-electron chi connectivity index (χ1n) is 9.56. The summed E-state index contributed by atoms with van der Waals surface area (Å²) < 4.78 is 5.95. The summed E-state index contributed by atoms with van der Waals surface area (Å²) in [6.45, 7) is 10.1. The molecule has 1 fully saturated rings. The summed E-state index contributed by atoms with van der Waals surface area (Å²) in [6, 6.07) is 7.83. The van der Waals surface area contributed by atoms with E-state index < -0.39 is 16.9 Å². The van der Waals surface area contributed by atoms with Gasteiger partial charge in [-0.3, -0.25) is 4.79 Å². The maximum absolute atomic E-state index is 13.9. The molecule has 1 aliphatic heterocycles. The van der Waals surface area contributed by atoms with Crippen LogP contribution in [0.2, 0.25) is 0 Å². The van der Waals surface area contributed by atoms with Gasteiger partial charge in [0.2, 0.25) is 5.91 Å². The van der Waals surface area contributed by atoms with Crippen molar-refractivity contribution in [2.24, 2.45) is 17.1 Å². The number of ether oxygens (including phenoxy) is 1. The molecule has 1 unspecified atom stereocenters. The number of likely N-dealkylation sites (tertiary alicyclic amines) is 1. The molecular weight excluding hydrogens is 408 g/mol. The second-order valence-corrected chi connectivity index (χ2v) is 9.38. The largest absolute Gasteiger partial charge is 0.450 e. The Bertz CT molecular complexity index is 678. The van der Waals surface area contributed by atoms with Gasteiger partial charge in [-0.15, -0.1) is 0 Å². The van der Waals surface area contributed by atoms with Crippen molar-refractivity contribution in [3.63, 3.8) is 0 Å². The third-order valence-corrected chi connectivity index (χ3v) is 6.46. The molecule has 1 aromatic carbocycles. The summed E-state index contributed by atoms with van der Waals surface area (Å²) in [7, 11) is 0. The summed E-state index contributed by atoms with van der Waals surface area (Å²) in [4.78, 5) is 27.1. The normalized spacial score (nSPS) is 18.0. The number of benzene rings is 1. The smallest absolute Gasteiger partial charge is 0.404 e. The summed E-state index contributed by atoms with van der Waals surface area (Å²) in [5.74, 6) is 0.738. The van der Waals surface area contributed by atoms with Crippen molar-refractivity contribution in [3.8, 4) is 0 Å². The van der Waals surface area contributed by atoms with Gasteiger partial charge in [0.1, 0.15) is 0 Å². The maximum Gasteiger partial charge on any atom is 0.404 e. The van der Waals surface area contributed by atoms with E-state index in [2.05, 4.69) is 43.6 Å². The Morgan fingerprint density at radius 2 is 1.81 bits per heavy atom. The minimum Gasteiger partial charge on any atom is -0.450 e. The Balaban J connectivity index is 2.52. The molecule has 1 aliphatic rings. The molecule has 0 spiro atoms. The molecule has 150 valence electrons. The molecule has 0 bridgehead atoms. The third-order valence-electron chi connectivity index (χ3n) is 5.77. The zero-order valence-electron chi connectivity index (χ0n) is 16.8. The fourth-order valence-corrected chi connectivity index (χ4v) is 4.67.